The van der Waals surface area contributed by atoms with E-state index in [9.17, 15) is 14.4 Å². The molecule has 1 fully saturated rings. The van der Waals surface area contributed by atoms with Crippen molar-refractivity contribution in [2.75, 3.05) is 0 Å². The molecule has 1 aromatic carbocycles. The van der Waals surface area contributed by atoms with Crippen LogP contribution in [0.1, 0.15) is 28.7 Å². The maximum absolute atomic E-state index is 12.3. The molecule has 1 aromatic heterocycles. The predicted molar refractivity (Wildman–Crippen MR) is 85.3 cm³/mol. The number of hydrogen-bond donors (Lipinski definition) is 1. The molecule has 7 nitrogen and oxygen atoms in total. The number of carbonyl (C=O) groups is 3. The average molecular weight is 382 g/mol. The van der Waals surface area contributed by atoms with Crippen LogP contribution in [0.2, 0.25) is 4.47 Å². The molecule has 3 amide bonds. The van der Waals surface area contributed by atoms with Crippen LogP contribution in [0.3, 0.4) is 0 Å². The van der Waals surface area contributed by atoms with Gasteiger partial charge >= 0.3 is 0 Å². The van der Waals surface area contributed by atoms with E-state index in [0.29, 0.717) is 22.6 Å². The van der Waals surface area contributed by atoms with Gasteiger partial charge in [0.1, 0.15) is 5.38 Å². The van der Waals surface area contributed by atoms with E-state index in [4.69, 9.17) is 23.2 Å². The van der Waals surface area contributed by atoms with Crippen molar-refractivity contribution < 1.29 is 14.4 Å². The lowest BCUT2D eigenvalue weighted by atomic mass is 9.79. The number of alkyl halides is 1. The number of imide groups is 1. The minimum absolute atomic E-state index is 0.252. The summed E-state index contributed by atoms with van der Waals surface area (Å²) in [5.74, 6) is -1.47. The quantitative estimate of drug-likeness (QED) is 0.483. The number of carbonyl (C=O) groups excluding carboxylic acids is 3. The van der Waals surface area contributed by atoms with Gasteiger partial charge in [0, 0.05) is 5.56 Å². The van der Waals surface area contributed by atoms with Gasteiger partial charge in [-0.1, -0.05) is 12.1 Å². The van der Waals surface area contributed by atoms with Crippen molar-refractivity contribution in [3.8, 4) is 0 Å². The zero-order valence-corrected chi connectivity index (χ0v) is 14.1. The van der Waals surface area contributed by atoms with Crippen molar-refractivity contribution >= 4 is 58.1 Å². The summed E-state index contributed by atoms with van der Waals surface area (Å²) in [4.78, 5) is 40.2. The molecule has 2 atom stereocenters. The monoisotopic (exact) mass is 381 g/mol. The number of aromatic nitrogens is 2. The number of fused-ring (bicyclic) bond motifs is 2. The van der Waals surface area contributed by atoms with E-state index in [1.807, 2.05) is 0 Å². The van der Waals surface area contributed by atoms with Crippen molar-refractivity contribution in [1.29, 1.82) is 0 Å². The van der Waals surface area contributed by atoms with Gasteiger partial charge in [-0.2, -0.15) is 4.37 Å². The average Bonchev–Trinajstić information content (AvgIpc) is 3.18. The molecular weight excluding hydrogens is 375 g/mol. The molecule has 3 heterocycles. The lowest BCUT2D eigenvalue weighted by Crippen LogP contribution is -2.41. The molecule has 2 aromatic rings. The summed E-state index contributed by atoms with van der Waals surface area (Å²) >= 11 is 13.2. The number of nitrogens with one attached hydrogen (secondary N) is 1. The highest BCUT2D eigenvalue weighted by molar-refractivity contribution is 7.10. The highest BCUT2D eigenvalue weighted by atomic mass is 35.5. The van der Waals surface area contributed by atoms with Gasteiger partial charge in [-0.15, -0.1) is 11.6 Å². The van der Waals surface area contributed by atoms with Crippen LogP contribution in [-0.4, -0.2) is 27.1 Å². The third-order valence-electron chi connectivity index (χ3n) is 4.07. The van der Waals surface area contributed by atoms with E-state index in [-0.39, 0.29) is 10.9 Å². The molecule has 2 aliphatic rings. The summed E-state index contributed by atoms with van der Waals surface area (Å²) in [6.45, 7) is 0. The predicted octanol–water partition coefficient (Wildman–Crippen LogP) is 1.58. The first-order valence-corrected chi connectivity index (χ1v) is 8.38. The van der Waals surface area contributed by atoms with E-state index in [0.717, 1.165) is 11.5 Å². The van der Waals surface area contributed by atoms with Crippen LogP contribution in [0.15, 0.2) is 18.2 Å². The minimum atomic E-state index is -1.59. The van der Waals surface area contributed by atoms with Crippen LogP contribution in [-0.2, 0) is 19.8 Å². The van der Waals surface area contributed by atoms with Crippen molar-refractivity contribution in [1.82, 2.24) is 20.0 Å². The zero-order chi connectivity index (χ0) is 17.1. The van der Waals surface area contributed by atoms with Gasteiger partial charge in [0.05, 0.1) is 12.1 Å². The van der Waals surface area contributed by atoms with Crippen LogP contribution in [0.5, 0.6) is 0 Å². The first-order valence-electron chi connectivity index (χ1n) is 6.80. The summed E-state index contributed by atoms with van der Waals surface area (Å²) in [6, 6.07) is 4.88. The Hall–Kier alpha value is -2.03. The van der Waals surface area contributed by atoms with Crippen molar-refractivity contribution in [2.24, 2.45) is 0 Å². The Morgan fingerprint density at radius 3 is 2.71 bits per heavy atom. The highest BCUT2D eigenvalue weighted by Gasteiger charge is 2.59. The number of amides is 3. The summed E-state index contributed by atoms with van der Waals surface area (Å²) in [5, 5.41) is 5.37. The fourth-order valence-electron chi connectivity index (χ4n) is 2.93. The van der Waals surface area contributed by atoms with E-state index in [1.54, 1.807) is 18.2 Å². The minimum Gasteiger partial charge on any atom is -0.295 e. The Balaban J connectivity index is 1.81. The van der Waals surface area contributed by atoms with E-state index in [2.05, 4.69) is 20.0 Å². The second-order valence-corrected chi connectivity index (χ2v) is 7.19. The number of halogens is 2. The molecular formula is C14H7Cl2N4O3S. The second kappa shape index (κ2) is 5.23. The van der Waals surface area contributed by atoms with Crippen LogP contribution >= 0.6 is 34.7 Å². The van der Waals surface area contributed by atoms with Crippen LogP contribution < -0.4 is 10.6 Å². The lowest BCUT2D eigenvalue weighted by molar-refractivity contribution is -0.133. The molecule has 1 radical (unpaired) electrons. The molecule has 10 heteroatoms. The molecule has 1 N–H and O–H groups in total. The fourth-order valence-corrected chi connectivity index (χ4v) is 3.86. The van der Waals surface area contributed by atoms with E-state index in [1.165, 1.54) is 0 Å². The Morgan fingerprint density at radius 2 is 2.08 bits per heavy atom. The van der Waals surface area contributed by atoms with Gasteiger partial charge in [0.2, 0.25) is 16.3 Å². The van der Waals surface area contributed by atoms with Crippen molar-refractivity contribution in [2.45, 2.75) is 17.2 Å². The van der Waals surface area contributed by atoms with Gasteiger partial charge in [-0.25, -0.2) is 10.3 Å². The number of rotatable bonds is 2. The van der Waals surface area contributed by atoms with Gasteiger partial charge < -0.3 is 0 Å². The van der Waals surface area contributed by atoms with Gasteiger partial charge in [-0.05, 0) is 34.8 Å². The molecule has 4 rings (SSSR count). The normalized spacial score (nSPS) is 23.3. The van der Waals surface area contributed by atoms with E-state index >= 15 is 0 Å². The molecule has 24 heavy (non-hydrogen) atoms. The highest BCUT2D eigenvalue weighted by Crippen LogP contribution is 2.45. The van der Waals surface area contributed by atoms with Crippen LogP contribution in [0.25, 0.3) is 0 Å². The van der Waals surface area contributed by atoms with Gasteiger partial charge in [0.15, 0.2) is 11.2 Å². The SMILES string of the molecule is O=C1CC2(C(=O)[N]c3ccc(C(Cl)c4nsc(Cl)n4)cc32)C(=O)N1. The summed E-state index contributed by atoms with van der Waals surface area (Å²) in [7, 11) is 0. The first kappa shape index (κ1) is 15.5. The largest absolute Gasteiger partial charge is 0.295 e. The topological polar surface area (TPSA) is 103 Å². The Bertz CT molecular complexity index is 915. The maximum Gasteiger partial charge on any atom is 0.267 e. The molecule has 1 saturated heterocycles. The molecule has 121 valence electrons. The molecule has 2 unspecified atom stereocenters. The number of benzene rings is 1. The second-order valence-electron chi connectivity index (χ2n) is 5.42. The Kier molecular flexibility index (Phi) is 3.38. The molecule has 2 aliphatic heterocycles. The fraction of sp³-hybridized carbons (Fsp3) is 0.214. The smallest absolute Gasteiger partial charge is 0.267 e. The zero-order valence-electron chi connectivity index (χ0n) is 11.7. The molecule has 1 spiro atoms. The molecule has 0 saturated carbocycles. The van der Waals surface area contributed by atoms with E-state index < -0.39 is 28.5 Å². The first-order chi connectivity index (χ1) is 11.4. The number of hydrogen-bond acceptors (Lipinski definition) is 6. The van der Waals surface area contributed by atoms with Gasteiger partial charge in [0.25, 0.3) is 5.91 Å². The summed E-state index contributed by atoms with van der Waals surface area (Å²) in [6.07, 6.45) is -0.252. The third-order valence-corrected chi connectivity index (χ3v) is 5.33. The van der Waals surface area contributed by atoms with Crippen LogP contribution in [0, 0.1) is 0 Å². The third kappa shape index (κ3) is 2.07. The van der Waals surface area contributed by atoms with Crippen molar-refractivity contribution in [3.63, 3.8) is 0 Å². The Morgan fingerprint density at radius 1 is 1.29 bits per heavy atom. The molecule has 0 bridgehead atoms. The number of nitrogens with zero attached hydrogens (tertiary/aromatic N) is 3. The Labute approximate surface area is 149 Å². The lowest BCUT2D eigenvalue weighted by Gasteiger charge is -2.17. The standard InChI is InChI=1S/C14H7Cl2N4O3S/c15-9(10-19-13(16)24-20-10)5-1-2-7-6(3-5)14(11(22)17-7)4-8(21)18-12(14)23/h1-3,9H,4H2,(H,18,21,23). The van der Waals surface area contributed by atoms with Gasteiger partial charge in [-0.3, -0.25) is 19.7 Å². The van der Waals surface area contributed by atoms with Crippen molar-refractivity contribution in [3.05, 3.63) is 39.6 Å². The summed E-state index contributed by atoms with van der Waals surface area (Å²) < 4.78 is 4.32. The summed E-state index contributed by atoms with van der Waals surface area (Å²) in [5.41, 5.74) is -0.269. The molecule has 0 aliphatic carbocycles. The maximum atomic E-state index is 12.3. The van der Waals surface area contributed by atoms with Crippen LogP contribution in [0.4, 0.5) is 5.69 Å².